The van der Waals surface area contributed by atoms with Crippen molar-refractivity contribution in [3.8, 4) is 0 Å². The monoisotopic (exact) mass is 650 g/mol. The van der Waals surface area contributed by atoms with Crippen molar-refractivity contribution in [2.24, 2.45) is 0 Å². The van der Waals surface area contributed by atoms with E-state index >= 15 is 0 Å². The summed E-state index contributed by atoms with van der Waals surface area (Å²) < 4.78 is 0. The third kappa shape index (κ3) is 34.5. The lowest BCUT2D eigenvalue weighted by Crippen LogP contribution is -2.45. The van der Waals surface area contributed by atoms with Crippen LogP contribution in [0.3, 0.4) is 0 Å². The second-order valence-corrected chi connectivity index (χ2v) is 14.4. The fourth-order valence-corrected chi connectivity index (χ4v) is 6.52. The van der Waals surface area contributed by atoms with Gasteiger partial charge in [0.25, 0.3) is 0 Å². The maximum atomic E-state index is 12.3. The summed E-state index contributed by atoms with van der Waals surface area (Å²) in [6, 6.07) is -0.535. The molecular formula is C42H83NO3. The van der Waals surface area contributed by atoms with E-state index in [2.05, 4.69) is 31.3 Å². The lowest BCUT2D eigenvalue weighted by Gasteiger charge is -2.22. The van der Waals surface area contributed by atoms with Gasteiger partial charge in [-0.1, -0.05) is 206 Å². The van der Waals surface area contributed by atoms with Gasteiger partial charge in [-0.2, -0.15) is 0 Å². The molecule has 0 fully saturated rings. The van der Waals surface area contributed by atoms with Gasteiger partial charge in [0.15, 0.2) is 0 Å². The average molecular weight is 650 g/mol. The molecule has 0 aromatic heterocycles. The van der Waals surface area contributed by atoms with E-state index in [1.54, 1.807) is 0 Å². The highest BCUT2D eigenvalue weighted by molar-refractivity contribution is 5.76. The summed E-state index contributed by atoms with van der Waals surface area (Å²) in [6.45, 7) is 4.32. The molecule has 0 saturated heterocycles. The summed E-state index contributed by atoms with van der Waals surface area (Å²) in [7, 11) is 0. The summed E-state index contributed by atoms with van der Waals surface area (Å²) >= 11 is 0. The van der Waals surface area contributed by atoms with Gasteiger partial charge in [0.05, 0.1) is 18.8 Å². The Kier molecular flexibility index (Phi) is 37.8. The molecule has 274 valence electrons. The molecule has 0 aliphatic heterocycles. The first kappa shape index (κ1) is 45.1. The van der Waals surface area contributed by atoms with Crippen molar-refractivity contribution in [1.29, 1.82) is 0 Å². The summed E-state index contributed by atoms with van der Waals surface area (Å²) in [5, 5.41) is 23.1. The molecule has 0 heterocycles. The minimum absolute atomic E-state index is 0.0405. The Bertz CT molecular complexity index is 622. The second-order valence-electron chi connectivity index (χ2n) is 14.4. The van der Waals surface area contributed by atoms with E-state index in [-0.39, 0.29) is 12.5 Å². The topological polar surface area (TPSA) is 69.6 Å². The van der Waals surface area contributed by atoms with Gasteiger partial charge in [-0.15, -0.1) is 0 Å². The van der Waals surface area contributed by atoms with Crippen molar-refractivity contribution in [2.45, 2.75) is 244 Å². The molecule has 4 nitrogen and oxygen atoms in total. The van der Waals surface area contributed by atoms with Gasteiger partial charge in [-0.05, 0) is 32.1 Å². The molecule has 4 heteroatoms. The highest BCUT2D eigenvalue weighted by atomic mass is 16.3. The zero-order valence-corrected chi connectivity index (χ0v) is 31.4. The lowest BCUT2D eigenvalue weighted by atomic mass is 10.0. The minimum atomic E-state index is -0.658. The normalized spacial score (nSPS) is 13.0. The van der Waals surface area contributed by atoms with E-state index < -0.39 is 12.1 Å². The van der Waals surface area contributed by atoms with Crippen molar-refractivity contribution >= 4 is 5.91 Å². The molecule has 0 aliphatic rings. The molecule has 2 unspecified atom stereocenters. The van der Waals surface area contributed by atoms with Crippen LogP contribution in [0, 0.1) is 0 Å². The molecule has 0 bridgehead atoms. The Hall–Kier alpha value is -0.870. The number of hydrogen-bond acceptors (Lipinski definition) is 3. The van der Waals surface area contributed by atoms with E-state index in [1.807, 2.05) is 0 Å². The Balaban J connectivity index is 3.45. The Labute approximate surface area is 288 Å². The molecule has 46 heavy (non-hydrogen) atoms. The molecule has 0 saturated carbocycles. The van der Waals surface area contributed by atoms with E-state index in [4.69, 9.17) is 0 Å². The van der Waals surface area contributed by atoms with Crippen LogP contribution in [0.2, 0.25) is 0 Å². The van der Waals surface area contributed by atoms with Gasteiger partial charge in [0, 0.05) is 6.42 Å². The average Bonchev–Trinajstić information content (AvgIpc) is 3.06. The van der Waals surface area contributed by atoms with Crippen LogP contribution in [-0.2, 0) is 4.79 Å². The van der Waals surface area contributed by atoms with Gasteiger partial charge in [-0.25, -0.2) is 0 Å². The molecule has 0 rings (SSSR count). The SMILES string of the molecule is CCCC/C=C\CCCCCCCC(=O)NC(CO)C(O)CCCCCCCCCCCCCCCCCCCCCCCCC. The quantitative estimate of drug-likeness (QED) is 0.0460. The van der Waals surface area contributed by atoms with Gasteiger partial charge in [-0.3, -0.25) is 4.79 Å². The number of carbonyl (C=O) groups is 1. The molecule has 0 spiro atoms. The Morgan fingerprint density at radius 2 is 0.848 bits per heavy atom. The second kappa shape index (κ2) is 38.6. The van der Waals surface area contributed by atoms with E-state index in [1.165, 1.54) is 180 Å². The number of hydrogen-bond donors (Lipinski definition) is 3. The first-order chi connectivity index (χ1) is 22.7. The van der Waals surface area contributed by atoms with Crippen LogP contribution in [0.4, 0.5) is 0 Å². The van der Waals surface area contributed by atoms with Gasteiger partial charge in [0.2, 0.25) is 5.91 Å². The molecule has 1 amide bonds. The largest absolute Gasteiger partial charge is 0.394 e. The maximum absolute atomic E-state index is 12.3. The zero-order valence-electron chi connectivity index (χ0n) is 31.4. The molecule has 0 radical (unpaired) electrons. The van der Waals surface area contributed by atoms with Crippen LogP contribution >= 0.6 is 0 Å². The zero-order chi connectivity index (χ0) is 33.6. The van der Waals surface area contributed by atoms with E-state index in [9.17, 15) is 15.0 Å². The smallest absolute Gasteiger partial charge is 0.220 e. The van der Waals surface area contributed by atoms with Crippen LogP contribution in [0.15, 0.2) is 12.2 Å². The summed E-state index contributed by atoms with van der Waals surface area (Å²) in [5.74, 6) is -0.0405. The van der Waals surface area contributed by atoms with Gasteiger partial charge in [0.1, 0.15) is 0 Å². The third-order valence-electron chi connectivity index (χ3n) is 9.78. The van der Waals surface area contributed by atoms with Crippen molar-refractivity contribution < 1.29 is 15.0 Å². The van der Waals surface area contributed by atoms with Crippen LogP contribution in [0.1, 0.15) is 232 Å². The fourth-order valence-electron chi connectivity index (χ4n) is 6.52. The van der Waals surface area contributed by atoms with Crippen molar-refractivity contribution in [2.75, 3.05) is 6.61 Å². The first-order valence-electron chi connectivity index (χ1n) is 20.9. The summed E-state index contributed by atoms with van der Waals surface area (Å²) in [5.41, 5.74) is 0. The molecule has 0 aromatic rings. The molecule has 0 aromatic carbocycles. The summed E-state index contributed by atoms with van der Waals surface area (Å²) in [6.07, 6.45) is 47.2. The Morgan fingerprint density at radius 1 is 0.500 bits per heavy atom. The first-order valence-corrected chi connectivity index (χ1v) is 20.9. The molecular weight excluding hydrogens is 566 g/mol. The standard InChI is InChI=1S/C42H83NO3/c1-3-5-7-9-11-13-15-16-17-18-19-20-21-22-23-24-25-26-28-29-31-33-35-37-41(45)40(39-44)43-42(46)38-36-34-32-30-27-14-12-10-8-6-4-2/h10,12,40-41,44-45H,3-9,11,13-39H2,1-2H3,(H,43,46)/b12-10-. The fraction of sp³-hybridized carbons (Fsp3) is 0.929. The number of carbonyl (C=O) groups excluding carboxylic acids is 1. The van der Waals surface area contributed by atoms with Gasteiger partial charge < -0.3 is 15.5 Å². The third-order valence-corrected chi connectivity index (χ3v) is 9.78. The number of unbranched alkanes of at least 4 members (excludes halogenated alkanes) is 29. The molecule has 3 N–H and O–H groups in total. The van der Waals surface area contributed by atoms with Crippen molar-refractivity contribution in [3.05, 3.63) is 12.2 Å². The lowest BCUT2D eigenvalue weighted by molar-refractivity contribution is -0.123. The molecule has 0 aliphatic carbocycles. The maximum Gasteiger partial charge on any atom is 0.220 e. The number of aliphatic hydroxyl groups is 2. The number of aliphatic hydroxyl groups excluding tert-OH is 2. The van der Waals surface area contributed by atoms with Crippen molar-refractivity contribution in [3.63, 3.8) is 0 Å². The number of rotatable bonds is 38. The summed E-state index contributed by atoms with van der Waals surface area (Å²) in [4.78, 5) is 12.3. The van der Waals surface area contributed by atoms with Crippen LogP contribution in [-0.4, -0.2) is 34.9 Å². The molecule has 2 atom stereocenters. The number of allylic oxidation sites excluding steroid dienone is 2. The van der Waals surface area contributed by atoms with Crippen LogP contribution < -0.4 is 5.32 Å². The predicted octanol–water partition coefficient (Wildman–Crippen LogP) is 12.7. The van der Waals surface area contributed by atoms with Crippen LogP contribution in [0.5, 0.6) is 0 Å². The highest BCUT2D eigenvalue weighted by Gasteiger charge is 2.19. The van der Waals surface area contributed by atoms with Gasteiger partial charge >= 0.3 is 0 Å². The number of amides is 1. The predicted molar refractivity (Wildman–Crippen MR) is 202 cm³/mol. The van der Waals surface area contributed by atoms with Crippen molar-refractivity contribution in [1.82, 2.24) is 5.32 Å². The number of nitrogens with one attached hydrogen (secondary N) is 1. The van der Waals surface area contributed by atoms with Crippen LogP contribution in [0.25, 0.3) is 0 Å². The minimum Gasteiger partial charge on any atom is -0.394 e. The van der Waals surface area contributed by atoms with E-state index in [0.717, 1.165) is 25.7 Å². The highest BCUT2D eigenvalue weighted by Crippen LogP contribution is 2.16. The van der Waals surface area contributed by atoms with E-state index in [0.29, 0.717) is 12.8 Å². The Morgan fingerprint density at radius 3 is 1.26 bits per heavy atom.